The molecule has 0 rings (SSSR count). The van der Waals surface area contributed by atoms with Crippen molar-refractivity contribution >= 4 is 23.9 Å². The topological polar surface area (TPSA) is 153 Å². The van der Waals surface area contributed by atoms with Crippen molar-refractivity contribution in [3.63, 3.8) is 0 Å². The Morgan fingerprint density at radius 2 is 0.938 bits per heavy atom. The van der Waals surface area contributed by atoms with E-state index in [2.05, 4.69) is 40.2 Å². The number of carbonyl (C=O) groups excluding carboxylic acids is 4. The van der Waals surface area contributed by atoms with E-state index in [-0.39, 0.29) is 12.8 Å². The highest BCUT2D eigenvalue weighted by Gasteiger charge is 2.23. The van der Waals surface area contributed by atoms with Crippen LogP contribution in [0.5, 0.6) is 0 Å². The molecule has 0 radical (unpaired) electrons. The fourth-order valence-corrected chi connectivity index (χ4v) is 2.67. The number of hydrogen-bond donors (Lipinski definition) is 4. The lowest BCUT2D eigenvalue weighted by Gasteiger charge is -2.15. The van der Waals surface area contributed by atoms with Gasteiger partial charge in [-0.15, -0.1) is 0 Å². The van der Waals surface area contributed by atoms with E-state index >= 15 is 0 Å². The number of rotatable bonds is 19. The Kier molecular flexibility index (Phi) is 18.0. The van der Waals surface area contributed by atoms with Gasteiger partial charge < -0.3 is 40.2 Å². The summed E-state index contributed by atoms with van der Waals surface area (Å²) in [4.78, 5) is 46.0. The maximum Gasteiger partial charge on any atom is 0.323 e. The van der Waals surface area contributed by atoms with Crippen LogP contribution in [0.25, 0.3) is 0 Å². The Morgan fingerprint density at radius 1 is 0.562 bits per heavy atom. The van der Waals surface area contributed by atoms with E-state index in [1.165, 1.54) is 28.4 Å². The third kappa shape index (κ3) is 14.7. The van der Waals surface area contributed by atoms with E-state index in [9.17, 15) is 19.2 Å². The minimum atomic E-state index is -0.714. The van der Waals surface area contributed by atoms with Gasteiger partial charge in [0.15, 0.2) is 0 Å². The average Bonchev–Trinajstić information content (AvgIpc) is 2.81. The molecule has 0 aromatic rings. The second-order valence-corrected chi connectivity index (χ2v) is 6.83. The van der Waals surface area contributed by atoms with Crippen LogP contribution in [0.1, 0.15) is 25.7 Å². The van der Waals surface area contributed by atoms with Crippen molar-refractivity contribution in [1.29, 1.82) is 0 Å². The monoisotopic (exact) mass is 462 g/mol. The summed E-state index contributed by atoms with van der Waals surface area (Å²) in [6, 6.07) is -1.43. The van der Waals surface area contributed by atoms with Crippen molar-refractivity contribution in [3.8, 4) is 0 Å². The lowest BCUT2D eigenvalue weighted by atomic mass is 10.2. The van der Waals surface area contributed by atoms with Crippen LogP contribution in [0.15, 0.2) is 0 Å². The minimum Gasteiger partial charge on any atom is -0.469 e. The summed E-state index contributed by atoms with van der Waals surface area (Å²) in [6.07, 6.45) is 1.40. The van der Waals surface area contributed by atoms with Gasteiger partial charge in [-0.3, -0.25) is 19.2 Å². The molecule has 0 aliphatic heterocycles. The van der Waals surface area contributed by atoms with Gasteiger partial charge in [0.05, 0.1) is 41.3 Å². The number of ether oxygens (including phenoxy) is 4. The van der Waals surface area contributed by atoms with Crippen LogP contribution in [0.3, 0.4) is 0 Å². The first-order chi connectivity index (χ1) is 15.4. The molecule has 12 heteroatoms. The van der Waals surface area contributed by atoms with Crippen LogP contribution >= 0.6 is 0 Å². The van der Waals surface area contributed by atoms with E-state index in [0.717, 1.165) is 39.0 Å². The lowest BCUT2D eigenvalue weighted by Crippen LogP contribution is -2.41. The normalized spacial score (nSPS) is 12.5. The number of carbonyl (C=O) groups is 4. The van der Waals surface area contributed by atoms with Gasteiger partial charge in [-0.05, 0) is 39.0 Å². The lowest BCUT2D eigenvalue weighted by molar-refractivity contribution is -0.149. The van der Waals surface area contributed by atoms with E-state index < -0.39 is 36.0 Å². The highest BCUT2D eigenvalue weighted by Crippen LogP contribution is 1.98. The molecule has 0 heterocycles. The largest absolute Gasteiger partial charge is 0.469 e. The summed E-state index contributed by atoms with van der Waals surface area (Å²) in [7, 11) is 5.10. The molecule has 2 atom stereocenters. The fourth-order valence-electron chi connectivity index (χ4n) is 2.67. The highest BCUT2D eigenvalue weighted by atomic mass is 16.5. The van der Waals surface area contributed by atoms with Gasteiger partial charge in [-0.2, -0.15) is 0 Å². The third-order valence-electron chi connectivity index (χ3n) is 4.49. The molecule has 0 aliphatic carbocycles. The third-order valence-corrected chi connectivity index (χ3v) is 4.49. The summed E-state index contributed by atoms with van der Waals surface area (Å²) < 4.78 is 18.5. The van der Waals surface area contributed by atoms with Gasteiger partial charge in [0.1, 0.15) is 12.1 Å². The maximum atomic E-state index is 11.7. The Labute approximate surface area is 189 Å². The Morgan fingerprint density at radius 3 is 1.25 bits per heavy atom. The summed E-state index contributed by atoms with van der Waals surface area (Å²) >= 11 is 0. The summed E-state index contributed by atoms with van der Waals surface area (Å²) in [5, 5.41) is 12.5. The van der Waals surface area contributed by atoms with Crippen molar-refractivity contribution in [1.82, 2.24) is 21.3 Å². The van der Waals surface area contributed by atoms with E-state index in [1.54, 1.807) is 0 Å². The molecule has 186 valence electrons. The van der Waals surface area contributed by atoms with Crippen molar-refractivity contribution in [3.05, 3.63) is 0 Å². The molecule has 0 aromatic carbocycles. The zero-order valence-electron chi connectivity index (χ0n) is 19.5. The van der Waals surface area contributed by atoms with Gasteiger partial charge in [-0.1, -0.05) is 0 Å². The molecule has 0 unspecified atom stereocenters. The molecule has 0 aromatic heterocycles. The number of nitrogens with one attached hydrogen (secondary N) is 4. The zero-order chi connectivity index (χ0) is 24.2. The smallest absolute Gasteiger partial charge is 0.323 e. The van der Waals surface area contributed by atoms with Gasteiger partial charge in [0.2, 0.25) is 0 Å². The Hall–Kier alpha value is -2.28. The number of esters is 4. The molecular weight excluding hydrogens is 424 g/mol. The predicted molar refractivity (Wildman–Crippen MR) is 116 cm³/mol. The standard InChI is InChI=1S/C20H38N4O8/c1-29-17(25)13-15(19(27)31-3)23-9-5-7-21-11-12-22-8-6-10-24-16(20(28)32-4)14-18(26)30-2/h15-16,21-24H,5-14H2,1-4H3/t15-,16-/m0/s1. The molecule has 0 fully saturated rings. The molecule has 0 saturated heterocycles. The fraction of sp³-hybridized carbons (Fsp3) is 0.800. The molecule has 0 aliphatic rings. The highest BCUT2D eigenvalue weighted by molar-refractivity contribution is 5.83. The summed E-state index contributed by atoms with van der Waals surface area (Å²) in [6.45, 7) is 4.13. The van der Waals surface area contributed by atoms with E-state index in [0.29, 0.717) is 13.1 Å². The van der Waals surface area contributed by atoms with Crippen LogP contribution < -0.4 is 21.3 Å². The molecule has 0 saturated carbocycles. The second-order valence-electron chi connectivity index (χ2n) is 6.83. The molecule has 4 N–H and O–H groups in total. The Balaban J connectivity index is 3.76. The van der Waals surface area contributed by atoms with Gasteiger partial charge in [0, 0.05) is 13.1 Å². The Bertz CT molecular complexity index is 514. The van der Waals surface area contributed by atoms with Crippen molar-refractivity contribution in [2.24, 2.45) is 0 Å². The van der Waals surface area contributed by atoms with Crippen LogP contribution in [-0.4, -0.2) is 104 Å². The van der Waals surface area contributed by atoms with Gasteiger partial charge in [0.25, 0.3) is 0 Å². The summed E-state index contributed by atoms with van der Waals surface area (Å²) in [5.41, 5.74) is 0. The van der Waals surface area contributed by atoms with Crippen molar-refractivity contribution < 1.29 is 38.1 Å². The molecule has 0 amide bonds. The van der Waals surface area contributed by atoms with Crippen LogP contribution in [0, 0.1) is 0 Å². The first-order valence-corrected chi connectivity index (χ1v) is 10.6. The zero-order valence-corrected chi connectivity index (χ0v) is 19.5. The molecule has 0 bridgehead atoms. The predicted octanol–water partition coefficient (Wildman–Crippen LogP) is -1.67. The molecule has 0 spiro atoms. The second kappa shape index (κ2) is 19.4. The van der Waals surface area contributed by atoms with Gasteiger partial charge >= 0.3 is 23.9 Å². The first-order valence-electron chi connectivity index (χ1n) is 10.6. The van der Waals surface area contributed by atoms with Gasteiger partial charge in [-0.25, -0.2) is 0 Å². The first kappa shape index (κ1) is 29.7. The van der Waals surface area contributed by atoms with Crippen molar-refractivity contribution in [2.45, 2.75) is 37.8 Å². The van der Waals surface area contributed by atoms with Crippen LogP contribution in [0.2, 0.25) is 0 Å². The van der Waals surface area contributed by atoms with E-state index in [1.807, 2.05) is 0 Å². The van der Waals surface area contributed by atoms with Crippen LogP contribution in [-0.2, 0) is 38.1 Å². The molecule has 32 heavy (non-hydrogen) atoms. The number of hydrogen-bond acceptors (Lipinski definition) is 12. The van der Waals surface area contributed by atoms with Crippen molar-refractivity contribution in [2.75, 3.05) is 67.7 Å². The number of methoxy groups -OCH3 is 4. The molecule has 12 nitrogen and oxygen atoms in total. The SMILES string of the molecule is COC(=O)C[C@H](NCCCNCCNCCCN[C@@H](CC(=O)OC)C(=O)OC)C(=O)OC. The quantitative estimate of drug-likeness (QED) is 0.0986. The maximum absolute atomic E-state index is 11.7. The minimum absolute atomic E-state index is 0.0710. The average molecular weight is 463 g/mol. The van der Waals surface area contributed by atoms with Crippen LogP contribution in [0.4, 0.5) is 0 Å². The van der Waals surface area contributed by atoms with E-state index in [4.69, 9.17) is 0 Å². The summed E-state index contributed by atoms with van der Waals surface area (Å²) in [5.74, 6) is -1.94. The molecular formula is C20H38N4O8.